The molecule has 0 aromatic carbocycles. The number of hydrogen-bond donors (Lipinski definition) is 1. The van der Waals surface area contributed by atoms with Gasteiger partial charge in [-0.05, 0) is 19.3 Å². The number of rotatable bonds is 6. The van der Waals surface area contributed by atoms with Crippen molar-refractivity contribution in [3.8, 4) is 0 Å². The van der Waals surface area contributed by atoms with Gasteiger partial charge in [0.2, 0.25) is 0 Å². The highest BCUT2D eigenvalue weighted by atomic mass is 16.6. The van der Waals surface area contributed by atoms with Crippen molar-refractivity contribution in [1.82, 2.24) is 0 Å². The third-order valence-corrected chi connectivity index (χ3v) is 2.80. The molecule has 0 spiro atoms. The summed E-state index contributed by atoms with van der Waals surface area (Å²) in [6.07, 6.45) is 1.56. The molecule has 0 aliphatic rings. The summed E-state index contributed by atoms with van der Waals surface area (Å²) in [6.45, 7) is 10.9. The Morgan fingerprint density at radius 3 is 2.25 bits per heavy atom. The number of carbonyl (C=O) groups is 2. The van der Waals surface area contributed by atoms with Gasteiger partial charge in [-0.2, -0.15) is 0 Å². The largest absolute Gasteiger partial charge is 0.477 e. The number of carboxylic acid groups (broad SMARTS) is 1. The molecule has 1 atom stereocenters. The van der Waals surface area contributed by atoms with E-state index in [1.54, 1.807) is 0 Å². The molecule has 1 N–H and O–H groups in total. The third-order valence-electron chi connectivity index (χ3n) is 2.80. The van der Waals surface area contributed by atoms with Crippen LogP contribution in [0.5, 0.6) is 0 Å². The predicted octanol–water partition coefficient (Wildman–Crippen LogP) is 2.39. The van der Waals surface area contributed by atoms with Crippen LogP contribution in [0, 0.1) is 5.92 Å². The molecule has 0 radical (unpaired) electrons. The highest BCUT2D eigenvalue weighted by molar-refractivity contribution is 6.12. The molecule has 0 aromatic rings. The van der Waals surface area contributed by atoms with Gasteiger partial charge in [0.1, 0.15) is 11.2 Å². The minimum Gasteiger partial charge on any atom is -0.477 e. The number of hydrogen-bond acceptors (Lipinski definition) is 3. The van der Waals surface area contributed by atoms with Crippen LogP contribution in [0.25, 0.3) is 0 Å². The summed E-state index contributed by atoms with van der Waals surface area (Å²) >= 11 is 0. The minimum atomic E-state index is -1.34. The van der Waals surface area contributed by atoms with E-state index in [1.807, 2.05) is 27.7 Å². The third kappa shape index (κ3) is 3.68. The number of ether oxygens (including phenoxy) is 1. The summed E-state index contributed by atoms with van der Waals surface area (Å²) in [5, 5.41) is 8.62. The second-order valence-corrected chi connectivity index (χ2v) is 4.39. The Hall–Kier alpha value is -1.32. The summed E-state index contributed by atoms with van der Waals surface area (Å²) in [5.41, 5.74) is -1.16. The molecule has 0 heterocycles. The molecular weight excluding hydrogens is 208 g/mol. The van der Waals surface area contributed by atoms with Crippen molar-refractivity contribution in [3.63, 3.8) is 0 Å². The fourth-order valence-corrected chi connectivity index (χ4v) is 1.31. The van der Waals surface area contributed by atoms with Crippen LogP contribution in [-0.4, -0.2) is 22.6 Å². The molecule has 92 valence electrons. The van der Waals surface area contributed by atoms with Crippen molar-refractivity contribution >= 4 is 11.9 Å². The second kappa shape index (κ2) is 5.68. The lowest BCUT2D eigenvalue weighted by molar-refractivity contribution is -0.160. The molecule has 0 aliphatic heterocycles. The smallest absolute Gasteiger partial charge is 0.345 e. The number of carboxylic acids is 1. The van der Waals surface area contributed by atoms with Gasteiger partial charge in [0.05, 0.1) is 0 Å². The van der Waals surface area contributed by atoms with Crippen LogP contribution in [0.1, 0.15) is 40.5 Å². The van der Waals surface area contributed by atoms with Crippen LogP contribution in [0.2, 0.25) is 0 Å². The molecule has 0 saturated carbocycles. The van der Waals surface area contributed by atoms with Gasteiger partial charge in [-0.1, -0.05) is 33.8 Å². The zero-order valence-corrected chi connectivity index (χ0v) is 10.4. The molecule has 0 bridgehead atoms. The summed E-state index contributed by atoms with van der Waals surface area (Å²) in [7, 11) is 0. The van der Waals surface area contributed by atoms with E-state index < -0.39 is 23.1 Å². The van der Waals surface area contributed by atoms with Gasteiger partial charge in [-0.25, -0.2) is 9.59 Å². The average molecular weight is 228 g/mol. The van der Waals surface area contributed by atoms with E-state index in [0.29, 0.717) is 6.42 Å². The van der Waals surface area contributed by atoms with Crippen LogP contribution >= 0.6 is 0 Å². The molecule has 16 heavy (non-hydrogen) atoms. The molecule has 0 aliphatic carbocycles. The summed E-state index contributed by atoms with van der Waals surface area (Å²) in [4.78, 5) is 22.0. The zero-order chi connectivity index (χ0) is 12.9. The van der Waals surface area contributed by atoms with Crippen molar-refractivity contribution in [3.05, 3.63) is 12.2 Å². The van der Waals surface area contributed by atoms with Crippen molar-refractivity contribution in [1.29, 1.82) is 0 Å². The van der Waals surface area contributed by atoms with Crippen molar-refractivity contribution in [2.75, 3.05) is 0 Å². The van der Waals surface area contributed by atoms with Crippen LogP contribution in [0.4, 0.5) is 0 Å². The molecule has 4 nitrogen and oxygen atoms in total. The van der Waals surface area contributed by atoms with E-state index in [4.69, 9.17) is 9.84 Å². The summed E-state index contributed by atoms with van der Waals surface area (Å²) in [5.74, 6) is -2.07. The monoisotopic (exact) mass is 228 g/mol. The first kappa shape index (κ1) is 14.7. The molecule has 0 fully saturated rings. The van der Waals surface area contributed by atoms with E-state index in [-0.39, 0.29) is 5.92 Å². The molecule has 1 unspecified atom stereocenters. The van der Waals surface area contributed by atoms with Crippen LogP contribution in [0.3, 0.4) is 0 Å². The molecule has 4 heteroatoms. The summed E-state index contributed by atoms with van der Waals surface area (Å²) in [6, 6.07) is 0. The number of esters is 1. The highest BCUT2D eigenvalue weighted by Gasteiger charge is 2.33. The average Bonchev–Trinajstić information content (AvgIpc) is 2.16. The number of aliphatic carboxylic acids is 1. The lowest BCUT2D eigenvalue weighted by atomic mass is 9.88. The van der Waals surface area contributed by atoms with E-state index >= 15 is 0 Å². The van der Waals surface area contributed by atoms with E-state index in [2.05, 4.69) is 6.58 Å². The maximum absolute atomic E-state index is 11.5. The Morgan fingerprint density at radius 1 is 1.44 bits per heavy atom. The van der Waals surface area contributed by atoms with Gasteiger partial charge in [-0.3, -0.25) is 0 Å². The molecule has 0 saturated heterocycles. The second-order valence-electron chi connectivity index (χ2n) is 4.39. The molecule has 0 rings (SSSR count). The topological polar surface area (TPSA) is 63.6 Å². The summed E-state index contributed by atoms with van der Waals surface area (Å²) < 4.78 is 5.24. The first-order chi connectivity index (χ1) is 7.24. The van der Waals surface area contributed by atoms with Crippen molar-refractivity contribution in [2.24, 2.45) is 5.92 Å². The first-order valence-electron chi connectivity index (χ1n) is 5.40. The SMILES string of the molecule is C=C(C(=O)O)C(=O)OC(C)(CCC)C(C)C. The molecule has 0 amide bonds. The van der Waals surface area contributed by atoms with E-state index in [0.717, 1.165) is 6.42 Å². The van der Waals surface area contributed by atoms with Gasteiger partial charge in [-0.15, -0.1) is 0 Å². The standard InChI is InChI=1S/C12H20O4/c1-6-7-12(5,8(2)3)16-11(15)9(4)10(13)14/h8H,4,6-7H2,1-3,5H3,(H,13,14). The van der Waals surface area contributed by atoms with Gasteiger partial charge in [0, 0.05) is 0 Å². The molecule has 0 aromatic heterocycles. The lowest BCUT2D eigenvalue weighted by Gasteiger charge is -2.33. The Kier molecular flexibility index (Phi) is 5.21. The Bertz CT molecular complexity index is 293. The first-order valence-corrected chi connectivity index (χ1v) is 5.40. The lowest BCUT2D eigenvalue weighted by Crippen LogP contribution is -2.38. The maximum Gasteiger partial charge on any atom is 0.345 e. The normalized spacial score (nSPS) is 14.3. The van der Waals surface area contributed by atoms with Gasteiger partial charge < -0.3 is 9.84 Å². The van der Waals surface area contributed by atoms with E-state index in [9.17, 15) is 9.59 Å². The van der Waals surface area contributed by atoms with Gasteiger partial charge in [0.25, 0.3) is 0 Å². The quantitative estimate of drug-likeness (QED) is 0.328. The van der Waals surface area contributed by atoms with Gasteiger partial charge in [0.15, 0.2) is 0 Å². The predicted molar refractivity (Wildman–Crippen MR) is 61.0 cm³/mol. The fraction of sp³-hybridized carbons (Fsp3) is 0.667. The van der Waals surface area contributed by atoms with Crippen molar-refractivity contribution in [2.45, 2.75) is 46.1 Å². The van der Waals surface area contributed by atoms with Crippen LogP contribution < -0.4 is 0 Å². The van der Waals surface area contributed by atoms with Crippen LogP contribution in [0.15, 0.2) is 12.2 Å². The Balaban J connectivity index is 4.71. The van der Waals surface area contributed by atoms with E-state index in [1.165, 1.54) is 0 Å². The Morgan fingerprint density at radius 2 is 1.94 bits per heavy atom. The van der Waals surface area contributed by atoms with Crippen LogP contribution in [-0.2, 0) is 14.3 Å². The fourth-order valence-electron chi connectivity index (χ4n) is 1.31. The zero-order valence-electron chi connectivity index (χ0n) is 10.4. The number of carbonyl (C=O) groups excluding carboxylic acids is 1. The van der Waals surface area contributed by atoms with Crippen molar-refractivity contribution < 1.29 is 19.4 Å². The van der Waals surface area contributed by atoms with Gasteiger partial charge >= 0.3 is 11.9 Å². The minimum absolute atomic E-state index is 0.123. The highest BCUT2D eigenvalue weighted by Crippen LogP contribution is 2.27. The Labute approximate surface area is 96.3 Å². The molecular formula is C12H20O4. The maximum atomic E-state index is 11.5.